The molecule has 0 radical (unpaired) electrons. The number of urea groups is 1. The average Bonchev–Trinajstić information content (AvgIpc) is 3.17. The SMILES string of the molecule is C[C@@H](NC(=O)N1CCN(S(=O)(=O)c2ccc(Cl)cc2)CC1)[C@@H]1CCCO1. The van der Waals surface area contributed by atoms with Crippen LogP contribution < -0.4 is 5.32 Å². The van der Waals surface area contributed by atoms with Crippen LogP contribution in [0, 0.1) is 0 Å². The normalized spacial score (nSPS) is 23.0. The van der Waals surface area contributed by atoms with Crippen LogP contribution in [0.25, 0.3) is 0 Å². The second-order valence-corrected chi connectivity index (χ2v) is 9.01. The summed E-state index contributed by atoms with van der Waals surface area (Å²) in [7, 11) is -3.57. The van der Waals surface area contributed by atoms with E-state index in [4.69, 9.17) is 16.3 Å². The van der Waals surface area contributed by atoms with Gasteiger partial charge in [-0.1, -0.05) is 11.6 Å². The van der Waals surface area contributed by atoms with Crippen LogP contribution in [-0.2, 0) is 14.8 Å². The van der Waals surface area contributed by atoms with Gasteiger partial charge in [-0.15, -0.1) is 0 Å². The molecule has 0 spiro atoms. The lowest BCUT2D eigenvalue weighted by atomic mass is 10.1. The molecule has 9 heteroatoms. The fourth-order valence-corrected chi connectivity index (χ4v) is 4.81. The van der Waals surface area contributed by atoms with Gasteiger partial charge in [0.2, 0.25) is 10.0 Å². The van der Waals surface area contributed by atoms with Gasteiger partial charge < -0.3 is 15.0 Å². The predicted molar refractivity (Wildman–Crippen MR) is 98.8 cm³/mol. The molecule has 1 aromatic carbocycles. The first-order chi connectivity index (χ1) is 12.4. The fourth-order valence-electron chi connectivity index (χ4n) is 3.26. The lowest BCUT2D eigenvalue weighted by molar-refractivity contribution is 0.0821. The Kier molecular flexibility index (Phi) is 6.06. The smallest absolute Gasteiger partial charge is 0.317 e. The van der Waals surface area contributed by atoms with Crippen molar-refractivity contribution < 1.29 is 17.9 Å². The Morgan fingerprint density at radius 2 is 1.88 bits per heavy atom. The third-order valence-electron chi connectivity index (χ3n) is 4.85. The molecule has 2 aliphatic rings. The number of piperazine rings is 1. The van der Waals surface area contributed by atoms with Gasteiger partial charge in [0.25, 0.3) is 0 Å². The number of halogens is 1. The van der Waals surface area contributed by atoms with Crippen molar-refractivity contribution in [3.05, 3.63) is 29.3 Å². The van der Waals surface area contributed by atoms with E-state index in [-0.39, 0.29) is 36.2 Å². The molecule has 144 valence electrons. The third-order valence-corrected chi connectivity index (χ3v) is 7.02. The van der Waals surface area contributed by atoms with Crippen LogP contribution in [0.3, 0.4) is 0 Å². The summed E-state index contributed by atoms with van der Waals surface area (Å²) in [5, 5.41) is 3.45. The first-order valence-electron chi connectivity index (χ1n) is 8.81. The second kappa shape index (κ2) is 8.12. The summed E-state index contributed by atoms with van der Waals surface area (Å²) in [4.78, 5) is 14.3. The molecule has 2 amide bonds. The molecule has 2 heterocycles. The zero-order chi connectivity index (χ0) is 18.7. The molecule has 0 unspecified atom stereocenters. The molecule has 2 saturated heterocycles. The third kappa shape index (κ3) is 4.31. The zero-order valence-corrected chi connectivity index (χ0v) is 16.3. The topological polar surface area (TPSA) is 79.0 Å². The first-order valence-corrected chi connectivity index (χ1v) is 10.6. The highest BCUT2D eigenvalue weighted by Crippen LogP contribution is 2.20. The van der Waals surface area contributed by atoms with E-state index in [9.17, 15) is 13.2 Å². The summed E-state index contributed by atoms with van der Waals surface area (Å²) in [6.45, 7) is 3.94. The highest BCUT2D eigenvalue weighted by Gasteiger charge is 2.31. The van der Waals surface area contributed by atoms with E-state index in [1.807, 2.05) is 6.92 Å². The van der Waals surface area contributed by atoms with Crippen molar-refractivity contribution in [1.29, 1.82) is 0 Å². The zero-order valence-electron chi connectivity index (χ0n) is 14.7. The maximum Gasteiger partial charge on any atom is 0.317 e. The maximum atomic E-state index is 12.7. The number of rotatable bonds is 4. The van der Waals surface area contributed by atoms with Crippen LogP contribution in [0.2, 0.25) is 5.02 Å². The molecule has 2 atom stereocenters. The molecule has 0 aromatic heterocycles. The molecular formula is C17H24ClN3O4S. The molecule has 7 nitrogen and oxygen atoms in total. The van der Waals surface area contributed by atoms with Crippen LogP contribution in [0.1, 0.15) is 19.8 Å². The number of benzene rings is 1. The van der Waals surface area contributed by atoms with Gasteiger partial charge in [-0.25, -0.2) is 13.2 Å². The number of ether oxygens (including phenoxy) is 1. The standard InChI is InChI=1S/C17H24ClN3O4S/c1-13(16-3-2-12-25-16)19-17(22)20-8-10-21(11-9-20)26(23,24)15-6-4-14(18)5-7-15/h4-7,13,16H,2-3,8-12H2,1H3,(H,19,22)/t13-,16+/m1/s1. The van der Waals surface area contributed by atoms with Crippen molar-refractivity contribution in [3.63, 3.8) is 0 Å². The van der Waals surface area contributed by atoms with Crippen LogP contribution in [0.5, 0.6) is 0 Å². The first kappa shape index (κ1) is 19.4. The molecule has 1 N–H and O–H groups in total. The summed E-state index contributed by atoms with van der Waals surface area (Å²) in [5.41, 5.74) is 0. The van der Waals surface area contributed by atoms with Crippen LogP contribution in [0.15, 0.2) is 29.2 Å². The van der Waals surface area contributed by atoms with Crippen molar-refractivity contribution >= 4 is 27.7 Å². The minimum atomic E-state index is -3.57. The Hall–Kier alpha value is -1.35. The summed E-state index contributed by atoms with van der Waals surface area (Å²) in [6.07, 6.45) is 2.03. The Morgan fingerprint density at radius 3 is 2.46 bits per heavy atom. The molecule has 0 aliphatic carbocycles. The minimum absolute atomic E-state index is 0.0548. The highest BCUT2D eigenvalue weighted by molar-refractivity contribution is 7.89. The van der Waals surface area contributed by atoms with Crippen LogP contribution >= 0.6 is 11.6 Å². The summed E-state index contributed by atoms with van der Waals surface area (Å²) in [6, 6.07) is 5.90. The quantitative estimate of drug-likeness (QED) is 0.836. The average molecular weight is 402 g/mol. The maximum absolute atomic E-state index is 12.7. The van der Waals surface area contributed by atoms with E-state index >= 15 is 0 Å². The molecule has 26 heavy (non-hydrogen) atoms. The van der Waals surface area contributed by atoms with Gasteiger partial charge in [0.1, 0.15) is 0 Å². The number of hydrogen-bond donors (Lipinski definition) is 1. The number of carbonyl (C=O) groups excluding carboxylic acids is 1. The molecule has 2 fully saturated rings. The van der Waals surface area contributed by atoms with E-state index in [2.05, 4.69) is 5.32 Å². The predicted octanol–water partition coefficient (Wildman–Crippen LogP) is 1.92. The van der Waals surface area contributed by atoms with E-state index in [1.165, 1.54) is 16.4 Å². The van der Waals surface area contributed by atoms with E-state index < -0.39 is 10.0 Å². The minimum Gasteiger partial charge on any atom is -0.376 e. The van der Waals surface area contributed by atoms with Gasteiger partial charge in [0.15, 0.2) is 0 Å². The van der Waals surface area contributed by atoms with Crippen molar-refractivity contribution in [1.82, 2.24) is 14.5 Å². The van der Waals surface area contributed by atoms with Crippen molar-refractivity contribution in [2.24, 2.45) is 0 Å². The van der Waals surface area contributed by atoms with Gasteiger partial charge in [-0.3, -0.25) is 0 Å². The summed E-state index contributed by atoms with van der Waals surface area (Å²) in [5.74, 6) is 0. The number of nitrogens with one attached hydrogen (secondary N) is 1. The lowest BCUT2D eigenvalue weighted by Gasteiger charge is -2.35. The molecule has 0 bridgehead atoms. The Balaban J connectivity index is 1.54. The molecular weight excluding hydrogens is 378 g/mol. The van der Waals surface area contributed by atoms with Crippen molar-refractivity contribution in [2.45, 2.75) is 36.8 Å². The number of sulfonamides is 1. The number of carbonyl (C=O) groups is 1. The monoisotopic (exact) mass is 401 g/mol. The molecule has 3 rings (SSSR count). The summed E-state index contributed by atoms with van der Waals surface area (Å²) < 4.78 is 32.3. The number of hydrogen-bond acceptors (Lipinski definition) is 4. The van der Waals surface area contributed by atoms with Crippen LogP contribution in [0.4, 0.5) is 4.79 Å². The fraction of sp³-hybridized carbons (Fsp3) is 0.588. The van der Waals surface area contributed by atoms with Gasteiger partial charge in [0.05, 0.1) is 17.0 Å². The number of amides is 2. The molecule has 1 aromatic rings. The number of nitrogens with zero attached hydrogens (tertiary/aromatic N) is 2. The van der Waals surface area contributed by atoms with Crippen molar-refractivity contribution in [2.75, 3.05) is 32.8 Å². The Labute approximate surface area is 159 Å². The van der Waals surface area contributed by atoms with Gasteiger partial charge in [0, 0.05) is 37.8 Å². The van der Waals surface area contributed by atoms with E-state index in [0.717, 1.165) is 19.4 Å². The van der Waals surface area contributed by atoms with Gasteiger partial charge >= 0.3 is 6.03 Å². The molecule has 0 saturated carbocycles. The second-order valence-electron chi connectivity index (χ2n) is 6.63. The van der Waals surface area contributed by atoms with E-state index in [0.29, 0.717) is 18.1 Å². The van der Waals surface area contributed by atoms with Crippen LogP contribution in [-0.4, -0.2) is 68.6 Å². The lowest BCUT2D eigenvalue weighted by Crippen LogP contribution is -2.55. The Morgan fingerprint density at radius 1 is 1.23 bits per heavy atom. The Bertz CT molecular complexity index is 727. The van der Waals surface area contributed by atoms with E-state index in [1.54, 1.807) is 17.0 Å². The van der Waals surface area contributed by atoms with Gasteiger partial charge in [-0.2, -0.15) is 4.31 Å². The molecule has 2 aliphatic heterocycles. The highest BCUT2D eigenvalue weighted by atomic mass is 35.5. The largest absolute Gasteiger partial charge is 0.376 e. The summed E-state index contributed by atoms with van der Waals surface area (Å²) >= 11 is 5.82. The van der Waals surface area contributed by atoms with Crippen molar-refractivity contribution in [3.8, 4) is 0 Å². The van der Waals surface area contributed by atoms with Gasteiger partial charge in [-0.05, 0) is 44.0 Å².